The maximum atomic E-state index is 5.68. The van der Waals surface area contributed by atoms with E-state index in [2.05, 4.69) is 18.2 Å². The van der Waals surface area contributed by atoms with Gasteiger partial charge in [-0.05, 0) is 19.3 Å². The third-order valence-corrected chi connectivity index (χ3v) is 2.50. The predicted molar refractivity (Wildman–Crippen MR) is 51.7 cm³/mol. The van der Waals surface area contributed by atoms with Gasteiger partial charge in [-0.3, -0.25) is 0 Å². The number of nitrogens with two attached hydrogens (primary N) is 1. The van der Waals surface area contributed by atoms with Gasteiger partial charge in [-0.15, -0.1) is 12.3 Å². The summed E-state index contributed by atoms with van der Waals surface area (Å²) in [7, 11) is 0. The maximum Gasteiger partial charge on any atom is 0.0240 e. The van der Waals surface area contributed by atoms with Gasteiger partial charge in [0.1, 0.15) is 0 Å². The smallest absolute Gasteiger partial charge is 0.0240 e. The van der Waals surface area contributed by atoms with Crippen LogP contribution in [0.1, 0.15) is 32.6 Å². The molecule has 2 nitrogen and oxygen atoms in total. The molecule has 1 aliphatic carbocycles. The first-order chi connectivity index (χ1) is 5.76. The molecule has 1 atom stereocenters. The van der Waals surface area contributed by atoms with Gasteiger partial charge in [0.25, 0.3) is 0 Å². The molecule has 0 bridgehead atoms. The molecule has 0 heterocycles. The minimum Gasteiger partial charge on any atom is -0.328 e. The summed E-state index contributed by atoms with van der Waals surface area (Å²) in [5, 5.41) is 3.51. The van der Waals surface area contributed by atoms with Crippen molar-refractivity contribution in [2.75, 3.05) is 0 Å². The van der Waals surface area contributed by atoms with Gasteiger partial charge in [0.05, 0.1) is 0 Å². The van der Waals surface area contributed by atoms with Crippen molar-refractivity contribution < 1.29 is 0 Å². The lowest BCUT2D eigenvalue weighted by atomic mass is 9.87. The fourth-order valence-corrected chi connectivity index (χ4v) is 1.59. The Kier molecular flexibility index (Phi) is 3.58. The quantitative estimate of drug-likeness (QED) is 0.608. The van der Waals surface area contributed by atoms with Crippen LogP contribution in [0.4, 0.5) is 0 Å². The van der Waals surface area contributed by atoms with E-state index in [1.165, 1.54) is 0 Å². The van der Waals surface area contributed by atoms with Crippen LogP contribution < -0.4 is 11.1 Å². The van der Waals surface area contributed by atoms with Gasteiger partial charge in [0.2, 0.25) is 0 Å². The van der Waals surface area contributed by atoms with E-state index in [4.69, 9.17) is 12.2 Å². The van der Waals surface area contributed by atoms with Crippen LogP contribution in [-0.4, -0.2) is 18.1 Å². The lowest BCUT2D eigenvalue weighted by molar-refractivity contribution is 0.264. The highest BCUT2D eigenvalue weighted by molar-refractivity contribution is 4.94. The van der Waals surface area contributed by atoms with Gasteiger partial charge in [-0.2, -0.15) is 0 Å². The standard InChI is InChI=1S/C10H18N2/c1-3-5-9(4-2)12-10-6-8(11)7-10/h1,8-10,12H,4-7,11H2,2H3. The molecule has 0 aromatic rings. The van der Waals surface area contributed by atoms with Crippen molar-refractivity contribution in [1.82, 2.24) is 5.32 Å². The molecule has 0 saturated heterocycles. The first kappa shape index (κ1) is 9.57. The topological polar surface area (TPSA) is 38.0 Å². The lowest BCUT2D eigenvalue weighted by Crippen LogP contribution is -2.51. The van der Waals surface area contributed by atoms with E-state index in [0.717, 1.165) is 25.7 Å². The summed E-state index contributed by atoms with van der Waals surface area (Å²) in [6.45, 7) is 2.16. The maximum absolute atomic E-state index is 5.68. The van der Waals surface area contributed by atoms with Crippen molar-refractivity contribution >= 4 is 0 Å². The van der Waals surface area contributed by atoms with Crippen molar-refractivity contribution in [3.63, 3.8) is 0 Å². The molecule has 1 saturated carbocycles. The van der Waals surface area contributed by atoms with Crippen LogP contribution in [0.5, 0.6) is 0 Å². The van der Waals surface area contributed by atoms with Gasteiger partial charge in [-0.25, -0.2) is 0 Å². The lowest BCUT2D eigenvalue weighted by Gasteiger charge is -2.35. The summed E-state index contributed by atoms with van der Waals surface area (Å²) in [5.41, 5.74) is 5.68. The number of terminal acetylenes is 1. The number of hydrogen-bond acceptors (Lipinski definition) is 2. The zero-order valence-corrected chi connectivity index (χ0v) is 7.72. The summed E-state index contributed by atoms with van der Waals surface area (Å²) in [5.74, 6) is 2.69. The number of hydrogen-bond donors (Lipinski definition) is 2. The van der Waals surface area contributed by atoms with Crippen LogP contribution in [-0.2, 0) is 0 Å². The highest BCUT2D eigenvalue weighted by Gasteiger charge is 2.26. The normalized spacial score (nSPS) is 30.4. The van der Waals surface area contributed by atoms with Crippen molar-refractivity contribution in [2.45, 2.75) is 50.7 Å². The Morgan fingerprint density at radius 3 is 2.75 bits per heavy atom. The average molecular weight is 166 g/mol. The summed E-state index contributed by atoms with van der Waals surface area (Å²) in [4.78, 5) is 0. The molecule has 1 unspecified atom stereocenters. The first-order valence-electron chi connectivity index (χ1n) is 4.71. The van der Waals surface area contributed by atoms with E-state index in [-0.39, 0.29) is 0 Å². The van der Waals surface area contributed by atoms with Crippen LogP contribution in [0.2, 0.25) is 0 Å². The minimum absolute atomic E-state index is 0.422. The van der Waals surface area contributed by atoms with Gasteiger partial charge >= 0.3 is 0 Å². The molecule has 0 aliphatic heterocycles. The predicted octanol–water partition coefficient (Wildman–Crippen LogP) is 0.868. The fraction of sp³-hybridized carbons (Fsp3) is 0.800. The molecule has 68 valence electrons. The van der Waals surface area contributed by atoms with Crippen LogP contribution in [0.25, 0.3) is 0 Å². The molecule has 1 aliphatic rings. The van der Waals surface area contributed by atoms with Gasteiger partial charge in [0.15, 0.2) is 0 Å². The molecule has 0 radical (unpaired) electrons. The Morgan fingerprint density at radius 2 is 2.33 bits per heavy atom. The van der Waals surface area contributed by atoms with Gasteiger partial charge < -0.3 is 11.1 Å². The third kappa shape index (κ3) is 2.51. The zero-order valence-electron chi connectivity index (χ0n) is 7.72. The van der Waals surface area contributed by atoms with Crippen molar-refractivity contribution in [2.24, 2.45) is 5.73 Å². The van der Waals surface area contributed by atoms with Crippen molar-refractivity contribution in [1.29, 1.82) is 0 Å². The van der Waals surface area contributed by atoms with Gasteiger partial charge in [-0.1, -0.05) is 6.92 Å². The van der Waals surface area contributed by atoms with E-state index in [1.54, 1.807) is 0 Å². The Morgan fingerprint density at radius 1 is 1.67 bits per heavy atom. The van der Waals surface area contributed by atoms with Crippen molar-refractivity contribution in [3.05, 3.63) is 0 Å². The SMILES string of the molecule is C#CCC(CC)NC1CC(N)C1. The van der Waals surface area contributed by atoms with Crippen molar-refractivity contribution in [3.8, 4) is 12.3 Å². The summed E-state index contributed by atoms with van der Waals surface area (Å²) in [6, 6.07) is 1.54. The summed E-state index contributed by atoms with van der Waals surface area (Å²) < 4.78 is 0. The fourth-order valence-electron chi connectivity index (χ4n) is 1.59. The molecule has 0 aromatic carbocycles. The second-order valence-electron chi connectivity index (χ2n) is 3.61. The monoisotopic (exact) mass is 166 g/mol. The Labute approximate surface area is 74.9 Å². The van der Waals surface area contributed by atoms with E-state index in [9.17, 15) is 0 Å². The average Bonchev–Trinajstić information content (AvgIpc) is 2.00. The second-order valence-corrected chi connectivity index (χ2v) is 3.61. The minimum atomic E-state index is 0.422. The highest BCUT2D eigenvalue weighted by atomic mass is 15.0. The third-order valence-electron chi connectivity index (χ3n) is 2.50. The number of rotatable bonds is 4. The van der Waals surface area contributed by atoms with Crippen LogP contribution in [0, 0.1) is 12.3 Å². The Balaban J connectivity index is 2.16. The molecule has 3 N–H and O–H groups in total. The molecule has 1 fully saturated rings. The van der Waals surface area contributed by atoms with E-state index < -0.39 is 0 Å². The molecule has 12 heavy (non-hydrogen) atoms. The van der Waals surface area contributed by atoms with E-state index >= 15 is 0 Å². The van der Waals surface area contributed by atoms with Crippen LogP contribution >= 0.6 is 0 Å². The molecule has 2 heteroatoms. The number of nitrogens with one attached hydrogen (secondary N) is 1. The first-order valence-corrected chi connectivity index (χ1v) is 4.71. The second kappa shape index (κ2) is 4.49. The van der Waals surface area contributed by atoms with Crippen LogP contribution in [0.15, 0.2) is 0 Å². The molecular weight excluding hydrogens is 148 g/mol. The largest absolute Gasteiger partial charge is 0.328 e. The Hall–Kier alpha value is -0.520. The highest BCUT2D eigenvalue weighted by Crippen LogP contribution is 2.18. The molecule has 0 amide bonds. The molecular formula is C10H18N2. The summed E-state index contributed by atoms with van der Waals surface area (Å²) >= 11 is 0. The molecule has 0 aromatic heterocycles. The van der Waals surface area contributed by atoms with E-state index in [1.807, 2.05) is 0 Å². The summed E-state index contributed by atoms with van der Waals surface area (Å²) in [6.07, 6.45) is 9.42. The van der Waals surface area contributed by atoms with Gasteiger partial charge in [0, 0.05) is 24.5 Å². The Bertz CT molecular complexity index is 165. The molecule has 1 rings (SSSR count). The van der Waals surface area contributed by atoms with Crippen LogP contribution in [0.3, 0.4) is 0 Å². The molecule has 0 spiro atoms. The zero-order chi connectivity index (χ0) is 8.97. The van der Waals surface area contributed by atoms with E-state index in [0.29, 0.717) is 18.1 Å².